The van der Waals surface area contributed by atoms with Gasteiger partial charge in [0, 0.05) is 17.3 Å². The summed E-state index contributed by atoms with van der Waals surface area (Å²) in [6.45, 7) is 2.00. The predicted molar refractivity (Wildman–Crippen MR) is 99.7 cm³/mol. The molecule has 0 aliphatic rings. The molecule has 25 heavy (non-hydrogen) atoms. The molecule has 2 heterocycles. The number of carbonyl (C=O) groups excluding carboxylic acids is 1. The number of aromatic nitrogens is 2. The van der Waals surface area contributed by atoms with Crippen LogP contribution in [0.4, 0.5) is 16.6 Å². The zero-order chi connectivity index (χ0) is 17.6. The number of aryl methyl sites for hydroxylation is 1. The summed E-state index contributed by atoms with van der Waals surface area (Å²) >= 11 is 1.44. The van der Waals surface area contributed by atoms with Gasteiger partial charge in [0.1, 0.15) is 11.6 Å². The maximum atomic E-state index is 12.1. The molecule has 0 aliphatic heterocycles. The first-order valence-corrected chi connectivity index (χ1v) is 8.58. The van der Waals surface area contributed by atoms with E-state index in [0.29, 0.717) is 10.8 Å². The van der Waals surface area contributed by atoms with Crippen LogP contribution in [0.3, 0.4) is 0 Å². The largest absolute Gasteiger partial charge is 0.497 e. The van der Waals surface area contributed by atoms with Gasteiger partial charge in [-0.25, -0.2) is 9.97 Å². The molecule has 0 unspecified atom stereocenters. The number of hydrogen-bond acceptors (Lipinski definition) is 6. The second-order valence-electron chi connectivity index (χ2n) is 5.44. The van der Waals surface area contributed by atoms with E-state index in [-0.39, 0.29) is 12.3 Å². The number of nitrogens with one attached hydrogen (secondary N) is 2. The van der Waals surface area contributed by atoms with Crippen molar-refractivity contribution in [3.05, 3.63) is 59.2 Å². The molecule has 0 saturated heterocycles. The van der Waals surface area contributed by atoms with Crippen molar-refractivity contribution in [2.75, 3.05) is 17.7 Å². The fraction of sp³-hybridized carbons (Fsp3) is 0.167. The normalized spacial score (nSPS) is 10.3. The van der Waals surface area contributed by atoms with Gasteiger partial charge in [-0.2, -0.15) is 0 Å². The summed E-state index contributed by atoms with van der Waals surface area (Å²) in [5.41, 5.74) is 2.56. The van der Waals surface area contributed by atoms with E-state index in [1.54, 1.807) is 37.6 Å². The fourth-order valence-electron chi connectivity index (χ4n) is 2.20. The predicted octanol–water partition coefficient (Wildman–Crippen LogP) is 3.78. The average Bonchev–Trinajstić information content (AvgIpc) is 3.02. The molecule has 0 spiro atoms. The number of hydrogen-bond donors (Lipinski definition) is 2. The number of ether oxygens (including phenoxy) is 1. The van der Waals surface area contributed by atoms with Crippen LogP contribution in [0.25, 0.3) is 0 Å². The molecule has 0 saturated carbocycles. The SMILES string of the molecule is COc1ccc(NC(=O)Cc2csc(Nc3cc(C)ccn3)n2)cc1. The number of anilines is 3. The van der Waals surface area contributed by atoms with Crippen molar-refractivity contribution >= 4 is 33.9 Å². The summed E-state index contributed by atoms with van der Waals surface area (Å²) in [5, 5.41) is 8.58. The molecule has 128 valence electrons. The average molecular weight is 354 g/mol. The van der Waals surface area contributed by atoms with E-state index in [0.717, 1.165) is 22.8 Å². The van der Waals surface area contributed by atoms with Gasteiger partial charge in [-0.05, 0) is 48.9 Å². The highest BCUT2D eigenvalue weighted by molar-refractivity contribution is 7.13. The molecule has 0 aliphatic carbocycles. The van der Waals surface area contributed by atoms with Gasteiger partial charge in [0.2, 0.25) is 5.91 Å². The lowest BCUT2D eigenvalue weighted by Crippen LogP contribution is -2.14. The van der Waals surface area contributed by atoms with Crippen LogP contribution in [0, 0.1) is 6.92 Å². The zero-order valence-electron chi connectivity index (χ0n) is 13.9. The molecular weight excluding hydrogens is 336 g/mol. The van der Waals surface area contributed by atoms with E-state index in [4.69, 9.17) is 4.74 Å². The number of amides is 1. The molecule has 0 bridgehead atoms. The van der Waals surface area contributed by atoms with Crippen molar-refractivity contribution in [2.45, 2.75) is 13.3 Å². The van der Waals surface area contributed by atoms with Gasteiger partial charge in [-0.3, -0.25) is 4.79 Å². The summed E-state index contributed by atoms with van der Waals surface area (Å²) in [6.07, 6.45) is 1.96. The molecule has 2 N–H and O–H groups in total. The molecule has 7 heteroatoms. The van der Waals surface area contributed by atoms with E-state index in [1.807, 2.05) is 24.4 Å². The summed E-state index contributed by atoms with van der Waals surface area (Å²) in [7, 11) is 1.60. The van der Waals surface area contributed by atoms with Crippen LogP contribution in [0.15, 0.2) is 48.0 Å². The number of pyridine rings is 1. The molecule has 2 aromatic heterocycles. The minimum Gasteiger partial charge on any atom is -0.497 e. The number of thiazole rings is 1. The standard InChI is InChI=1S/C18H18N4O2S/c1-12-7-8-19-16(9-12)22-18-21-14(11-25-18)10-17(23)20-13-3-5-15(24-2)6-4-13/h3-9,11H,10H2,1-2H3,(H,20,23)(H,19,21,22). The number of benzene rings is 1. The second kappa shape index (κ2) is 7.76. The molecule has 6 nitrogen and oxygen atoms in total. The van der Waals surface area contributed by atoms with E-state index >= 15 is 0 Å². The van der Waals surface area contributed by atoms with Gasteiger partial charge in [-0.1, -0.05) is 0 Å². The fourth-order valence-corrected chi connectivity index (χ4v) is 2.92. The van der Waals surface area contributed by atoms with Gasteiger partial charge in [0.05, 0.1) is 19.2 Å². The third-order valence-electron chi connectivity index (χ3n) is 3.42. The van der Waals surface area contributed by atoms with Gasteiger partial charge in [0.25, 0.3) is 0 Å². The van der Waals surface area contributed by atoms with Crippen molar-refractivity contribution in [1.82, 2.24) is 9.97 Å². The Bertz CT molecular complexity index is 862. The quantitative estimate of drug-likeness (QED) is 0.704. The smallest absolute Gasteiger partial charge is 0.230 e. The van der Waals surface area contributed by atoms with Crippen LogP contribution in [-0.4, -0.2) is 23.0 Å². The number of nitrogens with zero attached hydrogens (tertiary/aromatic N) is 2. The van der Waals surface area contributed by atoms with E-state index < -0.39 is 0 Å². The van der Waals surface area contributed by atoms with Gasteiger partial charge < -0.3 is 15.4 Å². The first kappa shape index (κ1) is 16.9. The minimum absolute atomic E-state index is 0.115. The zero-order valence-corrected chi connectivity index (χ0v) is 14.8. The van der Waals surface area contributed by atoms with E-state index in [2.05, 4.69) is 20.6 Å². The Hall–Kier alpha value is -2.93. The first-order chi connectivity index (χ1) is 12.1. The van der Waals surface area contributed by atoms with Crippen LogP contribution in [0.5, 0.6) is 5.75 Å². The van der Waals surface area contributed by atoms with Crippen LogP contribution in [-0.2, 0) is 11.2 Å². The third kappa shape index (κ3) is 4.77. The van der Waals surface area contributed by atoms with Crippen molar-refractivity contribution < 1.29 is 9.53 Å². The van der Waals surface area contributed by atoms with Gasteiger partial charge >= 0.3 is 0 Å². The lowest BCUT2D eigenvalue weighted by molar-refractivity contribution is -0.115. The highest BCUT2D eigenvalue weighted by Crippen LogP contribution is 2.21. The number of rotatable bonds is 6. The summed E-state index contributed by atoms with van der Waals surface area (Å²) < 4.78 is 5.10. The molecule has 1 amide bonds. The Morgan fingerprint density at radius 3 is 2.76 bits per heavy atom. The molecule has 0 atom stereocenters. The third-order valence-corrected chi connectivity index (χ3v) is 4.22. The van der Waals surface area contributed by atoms with Crippen molar-refractivity contribution in [2.24, 2.45) is 0 Å². The van der Waals surface area contributed by atoms with Crippen LogP contribution >= 0.6 is 11.3 Å². The Morgan fingerprint density at radius 1 is 1.24 bits per heavy atom. The molecule has 0 radical (unpaired) electrons. The van der Waals surface area contributed by atoms with E-state index in [1.165, 1.54) is 11.3 Å². The molecule has 0 fully saturated rings. The second-order valence-corrected chi connectivity index (χ2v) is 6.30. The van der Waals surface area contributed by atoms with Crippen LogP contribution in [0.1, 0.15) is 11.3 Å². The van der Waals surface area contributed by atoms with Crippen LogP contribution in [0.2, 0.25) is 0 Å². The maximum absolute atomic E-state index is 12.1. The molecule has 1 aromatic carbocycles. The highest BCUT2D eigenvalue weighted by atomic mass is 32.1. The monoisotopic (exact) mass is 354 g/mol. The Balaban J connectivity index is 1.57. The highest BCUT2D eigenvalue weighted by Gasteiger charge is 2.09. The summed E-state index contributed by atoms with van der Waals surface area (Å²) in [6, 6.07) is 11.1. The number of carbonyl (C=O) groups is 1. The Morgan fingerprint density at radius 2 is 2.04 bits per heavy atom. The lowest BCUT2D eigenvalue weighted by atomic mass is 10.2. The van der Waals surface area contributed by atoms with Crippen molar-refractivity contribution in [3.8, 4) is 5.75 Å². The maximum Gasteiger partial charge on any atom is 0.230 e. The van der Waals surface area contributed by atoms with Gasteiger partial charge in [-0.15, -0.1) is 11.3 Å². The number of methoxy groups -OCH3 is 1. The minimum atomic E-state index is -0.115. The molecule has 3 rings (SSSR count). The van der Waals surface area contributed by atoms with Crippen molar-refractivity contribution in [1.29, 1.82) is 0 Å². The van der Waals surface area contributed by atoms with Crippen LogP contribution < -0.4 is 15.4 Å². The molecular formula is C18H18N4O2S. The lowest BCUT2D eigenvalue weighted by Gasteiger charge is -2.05. The van der Waals surface area contributed by atoms with E-state index in [9.17, 15) is 4.79 Å². The van der Waals surface area contributed by atoms with Gasteiger partial charge in [0.15, 0.2) is 5.13 Å². The first-order valence-electron chi connectivity index (χ1n) is 7.70. The summed E-state index contributed by atoms with van der Waals surface area (Å²) in [4.78, 5) is 20.8. The van der Waals surface area contributed by atoms with Crippen molar-refractivity contribution in [3.63, 3.8) is 0 Å². The Kier molecular flexibility index (Phi) is 5.25. The Labute approximate surface area is 149 Å². The molecule has 3 aromatic rings. The topological polar surface area (TPSA) is 76.1 Å². The summed E-state index contributed by atoms with van der Waals surface area (Å²) in [5.74, 6) is 1.37.